The van der Waals surface area contributed by atoms with Gasteiger partial charge < -0.3 is 29.3 Å². The third-order valence-electron chi connectivity index (χ3n) is 12.1. The SMILES string of the molecule is CCCCCCCC/C=C\CCCCCCCC(=O)O[C@H](C(=O)OC1=CC[C@@]2(O)[C@H]3Cc4ccc(CO)c5c4[C@@]2(CCN3C)[C@H]1O5)c1ccccc1. The maximum atomic E-state index is 14.0. The zero-order valence-corrected chi connectivity index (χ0v) is 31.3. The number of nitrogens with zero attached hydrogens (tertiary/aromatic N) is 1. The molecular formula is C44H59NO7. The second kappa shape index (κ2) is 17.6. The van der Waals surface area contributed by atoms with Gasteiger partial charge in [0.15, 0.2) is 6.10 Å². The largest absolute Gasteiger partial charge is 0.481 e. The second-order valence-corrected chi connectivity index (χ2v) is 15.4. The zero-order chi connectivity index (χ0) is 36.6. The summed E-state index contributed by atoms with van der Waals surface area (Å²) in [7, 11) is 2.04. The molecule has 2 aromatic rings. The van der Waals surface area contributed by atoms with Gasteiger partial charge in [-0.25, -0.2) is 4.79 Å². The molecule has 8 heteroatoms. The van der Waals surface area contributed by atoms with Crippen LogP contribution in [0.1, 0.15) is 138 Å². The van der Waals surface area contributed by atoms with Gasteiger partial charge in [-0.1, -0.05) is 113 Å². The average molecular weight is 714 g/mol. The summed E-state index contributed by atoms with van der Waals surface area (Å²) in [5, 5.41) is 22.7. The summed E-state index contributed by atoms with van der Waals surface area (Å²) in [6, 6.07) is 12.8. The van der Waals surface area contributed by atoms with Gasteiger partial charge in [-0.2, -0.15) is 0 Å². The molecule has 0 amide bonds. The van der Waals surface area contributed by atoms with Crippen LogP contribution in [0.5, 0.6) is 5.75 Å². The Labute approximate surface area is 310 Å². The molecule has 0 radical (unpaired) electrons. The van der Waals surface area contributed by atoms with Gasteiger partial charge in [0.25, 0.3) is 0 Å². The Balaban J connectivity index is 1.03. The van der Waals surface area contributed by atoms with Crippen molar-refractivity contribution in [3.05, 3.63) is 88.7 Å². The minimum Gasteiger partial charge on any atom is -0.481 e. The fourth-order valence-corrected chi connectivity index (χ4v) is 9.21. The maximum Gasteiger partial charge on any atom is 0.357 e. The number of likely N-dealkylation sites (N-methyl/N-ethyl adjacent to an activating group) is 1. The van der Waals surface area contributed by atoms with E-state index in [-0.39, 0.29) is 25.5 Å². The van der Waals surface area contributed by atoms with Gasteiger partial charge in [-0.05, 0) is 70.2 Å². The van der Waals surface area contributed by atoms with Gasteiger partial charge in [0.2, 0.25) is 6.10 Å². The Morgan fingerprint density at radius 2 is 1.65 bits per heavy atom. The van der Waals surface area contributed by atoms with Crippen molar-refractivity contribution in [1.29, 1.82) is 0 Å². The molecule has 6 rings (SSSR count). The summed E-state index contributed by atoms with van der Waals surface area (Å²) in [5.41, 5.74) is 1.25. The number of piperidine rings is 1. The highest BCUT2D eigenvalue weighted by molar-refractivity contribution is 5.82. The van der Waals surface area contributed by atoms with E-state index in [9.17, 15) is 19.8 Å². The topological polar surface area (TPSA) is 106 Å². The molecule has 1 fully saturated rings. The van der Waals surface area contributed by atoms with Crippen molar-refractivity contribution in [1.82, 2.24) is 4.90 Å². The Bertz CT molecular complexity index is 1590. The summed E-state index contributed by atoms with van der Waals surface area (Å²) in [6.45, 7) is 2.80. The molecule has 282 valence electrons. The first kappa shape index (κ1) is 38.3. The Morgan fingerprint density at radius 3 is 2.37 bits per heavy atom. The highest BCUT2D eigenvalue weighted by Crippen LogP contribution is 2.64. The first-order valence-electron chi connectivity index (χ1n) is 20.0. The van der Waals surface area contributed by atoms with Gasteiger partial charge in [-0.15, -0.1) is 0 Å². The lowest BCUT2D eigenvalue weighted by molar-refractivity contribution is -0.176. The maximum absolute atomic E-state index is 14.0. The van der Waals surface area contributed by atoms with Crippen LogP contribution in [0.3, 0.4) is 0 Å². The van der Waals surface area contributed by atoms with Crippen LogP contribution < -0.4 is 4.74 Å². The van der Waals surface area contributed by atoms with Crippen LogP contribution >= 0.6 is 0 Å². The molecule has 8 nitrogen and oxygen atoms in total. The molecular weight excluding hydrogens is 654 g/mol. The highest BCUT2D eigenvalue weighted by atomic mass is 16.6. The van der Waals surface area contributed by atoms with Crippen LogP contribution in [0, 0.1) is 0 Å². The highest BCUT2D eigenvalue weighted by Gasteiger charge is 2.72. The number of carbonyl (C=O) groups excluding carboxylic acids is 2. The summed E-state index contributed by atoms with van der Waals surface area (Å²) in [4.78, 5) is 29.3. The summed E-state index contributed by atoms with van der Waals surface area (Å²) in [5.74, 6) is -0.220. The lowest BCUT2D eigenvalue weighted by Gasteiger charge is -2.61. The number of unbranched alkanes of at least 4 members (excludes halogenated alkanes) is 11. The molecule has 2 bridgehead atoms. The number of hydrogen-bond donors (Lipinski definition) is 2. The Morgan fingerprint density at radius 1 is 0.962 bits per heavy atom. The van der Waals surface area contributed by atoms with E-state index >= 15 is 0 Å². The van der Waals surface area contributed by atoms with Crippen LogP contribution in [0.4, 0.5) is 0 Å². The summed E-state index contributed by atoms with van der Waals surface area (Å²) >= 11 is 0. The standard InChI is InChI=1S/C44H59NO7/c1-3-4-5-6-7-8-9-10-11-12-13-14-15-16-20-23-37(47)51-40(32-21-18-17-19-22-32)42(48)50-35-26-27-44(49)36-30-33-24-25-34(31-46)39-38(33)43(44,41(35)52-39)28-29-45(36)2/h10-11,17-19,21-22,24-26,36,40-41,46,49H,3-9,12-16,20,23,27-31H2,1-2H3/b11-10-/t36-,40+,41+,43+,44-/m1/s1. The van der Waals surface area contributed by atoms with Crippen LogP contribution in [0.2, 0.25) is 0 Å². The van der Waals surface area contributed by atoms with E-state index in [0.29, 0.717) is 41.9 Å². The average Bonchev–Trinajstić information content (AvgIpc) is 3.51. The van der Waals surface area contributed by atoms with Crippen molar-refractivity contribution in [3.8, 4) is 5.75 Å². The van der Waals surface area contributed by atoms with Crippen molar-refractivity contribution in [2.45, 2.75) is 152 Å². The third-order valence-corrected chi connectivity index (χ3v) is 12.1. The molecule has 2 aliphatic heterocycles. The number of likely N-dealkylation sites (tertiary alicyclic amines) is 1. The molecule has 0 saturated carbocycles. The number of allylic oxidation sites excluding steroid dienone is 2. The van der Waals surface area contributed by atoms with Crippen molar-refractivity contribution in [2.75, 3.05) is 13.6 Å². The van der Waals surface area contributed by atoms with Crippen molar-refractivity contribution < 1.29 is 34.0 Å². The van der Waals surface area contributed by atoms with Crippen molar-refractivity contribution in [3.63, 3.8) is 0 Å². The quantitative estimate of drug-likeness (QED) is 0.0802. The zero-order valence-electron chi connectivity index (χ0n) is 31.3. The van der Waals surface area contributed by atoms with E-state index in [2.05, 4.69) is 24.0 Å². The van der Waals surface area contributed by atoms with Crippen LogP contribution in [0.25, 0.3) is 0 Å². The number of aliphatic hydroxyl groups is 2. The van der Waals surface area contributed by atoms with Gasteiger partial charge >= 0.3 is 11.9 Å². The predicted molar refractivity (Wildman–Crippen MR) is 202 cm³/mol. The van der Waals surface area contributed by atoms with Crippen LogP contribution in [-0.2, 0) is 37.5 Å². The third kappa shape index (κ3) is 7.76. The van der Waals surface area contributed by atoms with Gasteiger partial charge in [0, 0.05) is 35.6 Å². The molecule has 5 atom stereocenters. The van der Waals surface area contributed by atoms with Gasteiger partial charge in [-0.3, -0.25) is 4.79 Å². The molecule has 2 aliphatic carbocycles. The first-order valence-corrected chi connectivity index (χ1v) is 20.0. The van der Waals surface area contributed by atoms with Crippen LogP contribution in [0.15, 0.2) is 66.5 Å². The molecule has 2 aromatic carbocycles. The Kier molecular flexibility index (Phi) is 12.9. The Hall–Kier alpha value is -3.46. The number of aliphatic hydroxyl groups excluding tert-OH is 1. The van der Waals surface area contributed by atoms with E-state index in [0.717, 1.165) is 49.8 Å². The molecule has 1 spiro atoms. The minimum atomic E-state index is -1.24. The summed E-state index contributed by atoms with van der Waals surface area (Å²) in [6.07, 6.45) is 21.5. The fourth-order valence-electron chi connectivity index (χ4n) is 9.21. The number of ether oxygens (including phenoxy) is 3. The number of esters is 2. The fraction of sp³-hybridized carbons (Fsp3) is 0.591. The molecule has 4 aliphatic rings. The van der Waals surface area contributed by atoms with E-state index < -0.39 is 35.2 Å². The van der Waals surface area contributed by atoms with Gasteiger partial charge in [0.1, 0.15) is 11.5 Å². The van der Waals surface area contributed by atoms with Crippen LogP contribution in [-0.4, -0.2) is 58.4 Å². The van der Waals surface area contributed by atoms with Crippen molar-refractivity contribution >= 4 is 11.9 Å². The number of rotatable bonds is 20. The predicted octanol–water partition coefficient (Wildman–Crippen LogP) is 8.32. The van der Waals surface area contributed by atoms with E-state index in [1.165, 1.54) is 44.9 Å². The molecule has 1 saturated heterocycles. The monoisotopic (exact) mass is 713 g/mol. The molecule has 0 unspecified atom stereocenters. The lowest BCUT2D eigenvalue weighted by Crippen LogP contribution is -2.74. The number of carbonyl (C=O) groups is 2. The smallest absolute Gasteiger partial charge is 0.357 e. The summed E-state index contributed by atoms with van der Waals surface area (Å²) < 4.78 is 18.6. The number of hydrogen-bond acceptors (Lipinski definition) is 8. The van der Waals surface area contributed by atoms with Gasteiger partial charge in [0.05, 0.1) is 17.6 Å². The number of benzene rings is 2. The first-order chi connectivity index (χ1) is 25.3. The molecule has 0 aromatic heterocycles. The molecule has 52 heavy (non-hydrogen) atoms. The second-order valence-electron chi connectivity index (χ2n) is 15.4. The molecule has 2 N–H and O–H groups in total. The van der Waals surface area contributed by atoms with E-state index in [1.807, 2.05) is 37.4 Å². The van der Waals surface area contributed by atoms with Crippen molar-refractivity contribution in [2.24, 2.45) is 0 Å². The van der Waals surface area contributed by atoms with E-state index in [1.54, 1.807) is 18.2 Å². The minimum absolute atomic E-state index is 0.131. The lowest BCUT2D eigenvalue weighted by atomic mass is 9.50. The van der Waals surface area contributed by atoms with E-state index in [4.69, 9.17) is 14.2 Å². The normalized spacial score (nSPS) is 25.0. The molecule has 2 heterocycles.